The van der Waals surface area contributed by atoms with Crippen LogP contribution in [0.25, 0.3) is 0 Å². The van der Waals surface area contributed by atoms with Gasteiger partial charge in [-0.15, -0.1) is 0 Å². The van der Waals surface area contributed by atoms with Crippen molar-refractivity contribution in [2.45, 2.75) is 195 Å². The van der Waals surface area contributed by atoms with Crippen LogP contribution in [0.5, 0.6) is 5.75 Å². The van der Waals surface area contributed by atoms with Gasteiger partial charge in [0.2, 0.25) is 17.7 Å². The number of ketones is 4. The Kier molecular flexibility index (Phi) is 74.8. The molecular formula is C63H122N4O21S2. The first-order valence-corrected chi connectivity index (χ1v) is 30.7. The van der Waals surface area contributed by atoms with Crippen LogP contribution in [0.1, 0.15) is 193 Å². The van der Waals surface area contributed by atoms with E-state index in [9.17, 15) is 61.5 Å². The van der Waals surface area contributed by atoms with E-state index in [4.69, 9.17) is 44.7 Å². The number of carboxylic acid groups (broad SMARTS) is 3. The number of aliphatic hydroxyl groups is 1. The van der Waals surface area contributed by atoms with Gasteiger partial charge >= 0.3 is 17.9 Å². The molecule has 0 fully saturated rings. The highest BCUT2D eigenvalue weighted by Crippen LogP contribution is 2.16. The van der Waals surface area contributed by atoms with Gasteiger partial charge < -0.3 is 65.8 Å². The summed E-state index contributed by atoms with van der Waals surface area (Å²) in [4.78, 5) is 117. The quantitative estimate of drug-likeness (QED) is 0.0286. The predicted molar refractivity (Wildman–Crippen MR) is 358 cm³/mol. The summed E-state index contributed by atoms with van der Waals surface area (Å²) >= 11 is 1.21. The predicted octanol–water partition coefficient (Wildman–Crippen LogP) is 8.07. The third-order valence-corrected chi connectivity index (χ3v) is 14.8. The van der Waals surface area contributed by atoms with E-state index < -0.39 is 70.5 Å². The minimum atomic E-state index is -3.60. The molecule has 90 heavy (non-hydrogen) atoms. The van der Waals surface area contributed by atoms with Crippen molar-refractivity contribution in [3.05, 3.63) is 29.8 Å². The number of hydrogen-bond donors (Lipinski definition) is 8. The molecule has 0 aromatic heterocycles. The maximum absolute atomic E-state index is 12.4. The number of nitrogens with one attached hydrogen (secondary N) is 3. The van der Waals surface area contributed by atoms with Crippen LogP contribution in [0.3, 0.4) is 0 Å². The Balaban J connectivity index is -0.000000635. The first-order chi connectivity index (χ1) is 39.0. The number of aromatic carboxylic acids is 1. The van der Waals surface area contributed by atoms with E-state index >= 15 is 0 Å². The third kappa shape index (κ3) is 60.2. The minimum Gasteiger partial charge on any atom is -0.494 e. The van der Waals surface area contributed by atoms with E-state index in [-0.39, 0.29) is 215 Å². The number of carboxylic acids is 3. The lowest BCUT2D eigenvalue weighted by molar-refractivity contribution is -0.145. The molecule has 4 atom stereocenters. The van der Waals surface area contributed by atoms with E-state index in [1.54, 1.807) is 26.0 Å². The highest BCUT2D eigenvalue weighted by molar-refractivity contribution is 7.99. The second kappa shape index (κ2) is 65.1. The number of aliphatic carboxylic acids is 2. The van der Waals surface area contributed by atoms with Crippen LogP contribution in [0.4, 0.5) is 0 Å². The monoisotopic (exact) mass is 1330 g/mol. The zero-order valence-electron chi connectivity index (χ0n) is 47.9. The van der Waals surface area contributed by atoms with Gasteiger partial charge in [0.15, 0.2) is 9.84 Å². The summed E-state index contributed by atoms with van der Waals surface area (Å²) in [7, 11) is -3.60. The van der Waals surface area contributed by atoms with Gasteiger partial charge in [0, 0.05) is 57.1 Å². The van der Waals surface area contributed by atoms with Gasteiger partial charge in [-0.2, -0.15) is 11.8 Å². The van der Waals surface area contributed by atoms with E-state index in [1.165, 1.54) is 30.8 Å². The lowest BCUT2D eigenvalue weighted by Crippen LogP contribution is -2.42. The number of nitrogens with two attached hydrogens (primary N) is 1. The van der Waals surface area contributed by atoms with E-state index in [2.05, 4.69) is 16.0 Å². The fourth-order valence-corrected chi connectivity index (χ4v) is 9.30. The van der Waals surface area contributed by atoms with Gasteiger partial charge in [-0.25, -0.2) is 18.0 Å². The molecule has 1 aromatic rings. The highest BCUT2D eigenvalue weighted by Gasteiger charge is 2.24. The van der Waals surface area contributed by atoms with E-state index in [0.29, 0.717) is 43.8 Å². The highest BCUT2D eigenvalue weighted by atomic mass is 32.2. The summed E-state index contributed by atoms with van der Waals surface area (Å²) in [6.07, 6.45) is 8.05. The molecule has 0 aliphatic rings. The molecule has 0 saturated heterocycles. The Morgan fingerprint density at radius 1 is 0.578 bits per heavy atom. The van der Waals surface area contributed by atoms with Gasteiger partial charge in [-0.05, 0) is 83.1 Å². The van der Waals surface area contributed by atoms with Crippen LogP contribution >= 0.6 is 11.8 Å². The number of hydrogen-bond acceptors (Lipinski definition) is 20. The van der Waals surface area contributed by atoms with Crippen LogP contribution in [-0.2, 0) is 71.9 Å². The van der Waals surface area contributed by atoms with Crippen molar-refractivity contribution in [2.24, 2.45) is 17.6 Å². The fourth-order valence-electron chi connectivity index (χ4n) is 6.99. The number of amides is 3. The summed E-state index contributed by atoms with van der Waals surface area (Å²) in [6, 6.07) is 4.83. The fraction of sp³-hybridized carbons (Fsp3) is 0.746. The number of Topliss-reactive ketones (excluding diaryl/α,β-unsaturated/α-hetero) is 4. The van der Waals surface area contributed by atoms with Crippen molar-refractivity contribution >= 4 is 80.4 Å². The van der Waals surface area contributed by atoms with Crippen LogP contribution in [0, 0.1) is 11.8 Å². The molecule has 9 N–H and O–H groups in total. The molecule has 0 heterocycles. The van der Waals surface area contributed by atoms with Crippen LogP contribution in [0.15, 0.2) is 24.3 Å². The molecule has 0 spiro atoms. The van der Waals surface area contributed by atoms with Gasteiger partial charge in [0.1, 0.15) is 53.9 Å². The van der Waals surface area contributed by atoms with Crippen molar-refractivity contribution in [1.82, 2.24) is 16.0 Å². The molecule has 3 amide bonds. The Bertz CT molecular complexity index is 2170. The standard InChI is InChI=1S/C51H81N3O20S2.C4H9NO.8CH4/c1-38(45(58)31-40(32-55)50(64)65)35-75-36-48(61)52-21-9-8-16-44(51(66)67)54-47(60)34-73-29-27-71-25-22-53-46(59)33-72-28-26-70-23-11-14-41(56)15-12-30-76(68,69)37-42(57)13-7-5-3-2-4-6-10-24-74-43-19-17-39(18-20-43)49(62)63;1-3(5)4(2)6;;;;;;;;/h17-20,38,40,44,55H,2-16,21-37H2,1H3,(H,52,61)(H,53,59)(H,54,60)(H,62,63)(H,64,65)(H,66,67);3H,5H2,1-2H3;8*1H4/t38-,40-,44+;3-;;;;;;;;/m00......../s1. The Hall–Kier alpha value is -5.42. The average molecular weight is 1340 g/mol. The van der Waals surface area contributed by atoms with Gasteiger partial charge in [0.05, 0.1) is 75.3 Å². The molecule has 0 bridgehead atoms. The van der Waals surface area contributed by atoms with Crippen LogP contribution in [0.2, 0.25) is 0 Å². The number of rotatable bonds is 52. The Morgan fingerprint density at radius 2 is 1.09 bits per heavy atom. The van der Waals surface area contributed by atoms with Gasteiger partial charge in [-0.3, -0.25) is 38.4 Å². The summed E-state index contributed by atoms with van der Waals surface area (Å²) in [5.74, 6) is -6.82. The summed E-state index contributed by atoms with van der Waals surface area (Å²) in [6.45, 7) is 5.45. The topological polar surface area (TPSA) is 394 Å². The largest absolute Gasteiger partial charge is 0.494 e. The number of thioether (sulfide) groups is 1. The maximum atomic E-state index is 12.4. The molecule has 1 rings (SSSR count). The molecule has 0 aliphatic carbocycles. The maximum Gasteiger partial charge on any atom is 0.335 e. The van der Waals surface area contributed by atoms with Crippen LogP contribution < -0.4 is 26.4 Å². The molecule has 27 heteroatoms. The zero-order valence-corrected chi connectivity index (χ0v) is 49.5. The number of carbonyl (C=O) groups excluding carboxylic acids is 7. The van der Waals surface area contributed by atoms with E-state index in [0.717, 1.165) is 38.5 Å². The minimum absolute atomic E-state index is 0. The average Bonchev–Trinajstić information content (AvgIpc) is 3.08. The van der Waals surface area contributed by atoms with Gasteiger partial charge in [0.25, 0.3) is 0 Å². The first-order valence-electron chi connectivity index (χ1n) is 27.7. The van der Waals surface area contributed by atoms with E-state index in [1.807, 2.05) is 0 Å². The molecule has 25 nitrogen and oxygen atoms in total. The lowest BCUT2D eigenvalue weighted by Gasteiger charge is -2.15. The molecule has 0 saturated carbocycles. The molecule has 0 radical (unpaired) electrons. The molecule has 1 aromatic carbocycles. The third-order valence-electron chi connectivity index (χ3n) is 12.0. The van der Waals surface area contributed by atoms with Crippen LogP contribution in [-0.4, -0.2) is 202 Å². The summed E-state index contributed by atoms with van der Waals surface area (Å²) < 4.78 is 51.8. The summed E-state index contributed by atoms with van der Waals surface area (Å²) in [5.41, 5.74) is 5.29. The number of aliphatic hydroxyl groups excluding tert-OH is 1. The van der Waals surface area contributed by atoms with Crippen molar-refractivity contribution in [2.75, 3.05) is 102 Å². The molecule has 0 aliphatic heterocycles. The number of benzene rings is 1. The van der Waals surface area contributed by atoms with Crippen molar-refractivity contribution in [3.63, 3.8) is 0 Å². The number of ether oxygens (including phenoxy) is 5. The van der Waals surface area contributed by atoms with Crippen molar-refractivity contribution in [3.8, 4) is 5.75 Å². The second-order valence-corrected chi connectivity index (χ2v) is 22.7. The van der Waals surface area contributed by atoms with Crippen molar-refractivity contribution in [1.29, 1.82) is 0 Å². The number of carbonyl (C=O) groups is 10. The summed E-state index contributed by atoms with van der Waals surface area (Å²) in [5, 5.41) is 44.2. The zero-order chi connectivity index (χ0) is 61.6. The number of unbranched alkanes of at least 4 members (excludes halogenated alkanes) is 7. The van der Waals surface area contributed by atoms with Gasteiger partial charge in [-0.1, -0.05) is 98.4 Å². The Labute approximate surface area is 544 Å². The lowest BCUT2D eigenvalue weighted by atomic mass is 9.97. The molecular weight excluding hydrogens is 1210 g/mol. The second-order valence-electron chi connectivity index (χ2n) is 19.5. The van der Waals surface area contributed by atoms with Crippen molar-refractivity contribution < 1.29 is 100 Å². The smallest absolute Gasteiger partial charge is 0.335 e. The first kappa shape index (κ1) is 103. The molecule has 0 unspecified atom stereocenters. The normalized spacial score (nSPS) is 11.5. The number of sulfone groups is 1. The Morgan fingerprint density at radius 3 is 1.63 bits per heavy atom. The molecule has 532 valence electrons. The SMILES string of the molecule is C.C.C.C.C.C.C.C.CC(=O)[C@H](C)N.C[C@@H](CSCC(=O)NCCCC[C@@H](NC(=O)COCCOCCNC(=O)COCCOCCCC(=O)CCCS(=O)(=O)CC(=O)CCCCCCCCCOc1ccc(C(=O)O)cc1)C(=O)O)C(=O)C[C@@H](CO)C(=O)O.